The first kappa shape index (κ1) is 26.4. The number of pyridine rings is 1. The summed E-state index contributed by atoms with van der Waals surface area (Å²) >= 11 is 0. The quantitative estimate of drug-likeness (QED) is 0.678. The molecule has 3 atom stereocenters. The molecule has 3 unspecified atom stereocenters. The summed E-state index contributed by atoms with van der Waals surface area (Å²) in [5.74, 6) is -1.52. The van der Waals surface area contributed by atoms with Gasteiger partial charge >= 0.3 is 6.18 Å². The summed E-state index contributed by atoms with van der Waals surface area (Å²) in [4.78, 5) is 31.7. The van der Waals surface area contributed by atoms with Crippen LogP contribution in [-0.2, 0) is 9.59 Å². The molecule has 2 aliphatic heterocycles. The van der Waals surface area contributed by atoms with Gasteiger partial charge in [0.15, 0.2) is 0 Å². The highest BCUT2D eigenvalue weighted by atomic mass is 35.5. The average molecular weight is 472 g/mol. The molecule has 2 fully saturated rings. The van der Waals surface area contributed by atoms with E-state index in [0.717, 1.165) is 0 Å². The maximum atomic E-state index is 13.5. The lowest BCUT2D eigenvalue weighted by Gasteiger charge is -2.36. The van der Waals surface area contributed by atoms with Gasteiger partial charge in [-0.05, 0) is 11.6 Å². The van der Waals surface area contributed by atoms with E-state index >= 15 is 0 Å². The van der Waals surface area contributed by atoms with Gasteiger partial charge in [0.2, 0.25) is 11.8 Å². The molecular weight excluding hydrogens is 446 g/mol. The molecule has 2 N–H and O–H groups in total. The Morgan fingerprint density at radius 3 is 2.57 bits per heavy atom. The highest BCUT2D eigenvalue weighted by molar-refractivity contribution is 5.90. The molecule has 0 aliphatic carbocycles. The lowest BCUT2D eigenvalue weighted by Crippen LogP contribution is -2.58. The first-order valence-corrected chi connectivity index (χ1v) is 9.24. The Hall–Kier alpha value is -1.62. The van der Waals surface area contributed by atoms with E-state index in [-0.39, 0.29) is 50.2 Å². The van der Waals surface area contributed by atoms with Crippen LogP contribution >= 0.6 is 24.8 Å². The van der Waals surface area contributed by atoms with Gasteiger partial charge in [-0.15, -0.1) is 24.8 Å². The van der Waals surface area contributed by atoms with Gasteiger partial charge < -0.3 is 15.5 Å². The minimum absolute atomic E-state index is 0. The van der Waals surface area contributed by atoms with Crippen LogP contribution in [0.4, 0.5) is 13.2 Å². The van der Waals surface area contributed by atoms with Crippen LogP contribution in [0.1, 0.15) is 18.0 Å². The third kappa shape index (κ3) is 5.96. The third-order valence-corrected chi connectivity index (χ3v) is 5.39. The van der Waals surface area contributed by atoms with E-state index in [4.69, 9.17) is 0 Å². The van der Waals surface area contributed by atoms with Gasteiger partial charge in [-0.25, -0.2) is 0 Å². The minimum atomic E-state index is -4.45. The van der Waals surface area contributed by atoms with Gasteiger partial charge in [-0.1, -0.05) is 6.07 Å². The fourth-order valence-electron chi connectivity index (χ4n) is 3.89. The van der Waals surface area contributed by atoms with Gasteiger partial charge in [0, 0.05) is 58.6 Å². The van der Waals surface area contributed by atoms with Crippen molar-refractivity contribution in [3.63, 3.8) is 0 Å². The number of hydrogen-bond acceptors (Lipinski definition) is 5. The largest absolute Gasteiger partial charge is 0.405 e. The molecule has 0 bridgehead atoms. The van der Waals surface area contributed by atoms with Crippen LogP contribution in [-0.4, -0.2) is 78.6 Å². The number of carbonyl (C=O) groups is 2. The van der Waals surface area contributed by atoms with E-state index in [2.05, 4.69) is 15.6 Å². The lowest BCUT2D eigenvalue weighted by atomic mass is 9.94. The van der Waals surface area contributed by atoms with E-state index in [1.807, 2.05) is 0 Å². The summed E-state index contributed by atoms with van der Waals surface area (Å²) in [5, 5.41) is 5.47. The molecule has 1 aromatic rings. The Morgan fingerprint density at radius 1 is 1.33 bits per heavy atom. The van der Waals surface area contributed by atoms with Gasteiger partial charge in [0.05, 0.1) is 12.0 Å². The smallest absolute Gasteiger partial charge is 0.354 e. The molecule has 0 spiro atoms. The third-order valence-electron chi connectivity index (χ3n) is 5.39. The molecule has 3 heterocycles. The average Bonchev–Trinajstić information content (AvgIpc) is 2.97. The molecular formula is C18H26Cl2F3N5O2. The molecule has 2 amide bonds. The van der Waals surface area contributed by atoms with Crippen molar-refractivity contribution in [2.24, 2.45) is 5.92 Å². The Balaban J connectivity index is 0.00000225. The summed E-state index contributed by atoms with van der Waals surface area (Å²) in [6.45, 7) is 0.958. The van der Waals surface area contributed by atoms with E-state index in [1.165, 1.54) is 9.80 Å². The number of piperazine rings is 1. The first-order chi connectivity index (χ1) is 13.3. The second kappa shape index (κ2) is 11.1. The van der Waals surface area contributed by atoms with Crippen molar-refractivity contribution in [3.8, 4) is 0 Å². The van der Waals surface area contributed by atoms with Crippen molar-refractivity contribution >= 4 is 36.6 Å². The zero-order valence-electron chi connectivity index (χ0n) is 16.4. The molecule has 2 aliphatic rings. The summed E-state index contributed by atoms with van der Waals surface area (Å²) in [5.41, 5.74) is 0.686. The Bertz CT molecular complexity index is 705. The number of nitrogens with zero attached hydrogens (tertiary/aromatic N) is 3. The van der Waals surface area contributed by atoms with Crippen LogP contribution in [0.5, 0.6) is 0 Å². The van der Waals surface area contributed by atoms with E-state index < -0.39 is 36.6 Å². The topological polar surface area (TPSA) is 77.6 Å². The molecule has 0 radical (unpaired) electrons. The predicted octanol–water partition coefficient (Wildman–Crippen LogP) is 1.40. The maximum absolute atomic E-state index is 13.5. The molecule has 0 saturated carbocycles. The van der Waals surface area contributed by atoms with Crippen molar-refractivity contribution in [2.75, 3.05) is 39.8 Å². The molecule has 7 nitrogen and oxygen atoms in total. The second-order valence-electron chi connectivity index (χ2n) is 7.13. The van der Waals surface area contributed by atoms with Crippen LogP contribution in [0, 0.1) is 5.92 Å². The minimum Gasteiger partial charge on any atom is -0.354 e. The molecule has 3 rings (SSSR count). The van der Waals surface area contributed by atoms with E-state index in [1.54, 1.807) is 31.6 Å². The van der Waals surface area contributed by atoms with Gasteiger partial charge in [-0.2, -0.15) is 13.2 Å². The number of rotatable bonds is 5. The normalized spacial score (nSPS) is 23.3. The monoisotopic (exact) mass is 471 g/mol. The number of nitrogens with one attached hydrogen (secondary N) is 2. The van der Waals surface area contributed by atoms with Crippen LogP contribution in [0.15, 0.2) is 24.5 Å². The SMILES string of the molecule is CN1C(=O)CC(C(=O)NCC(N2CCNCC2)C(F)(F)F)C1c1cccnc1.Cl.Cl. The number of likely N-dealkylation sites (tertiary alicyclic amines) is 1. The Labute approximate surface area is 185 Å². The molecule has 2 saturated heterocycles. The fourth-order valence-corrected chi connectivity index (χ4v) is 3.89. The highest BCUT2D eigenvalue weighted by Gasteiger charge is 2.46. The van der Waals surface area contributed by atoms with E-state index in [9.17, 15) is 22.8 Å². The van der Waals surface area contributed by atoms with Crippen molar-refractivity contribution in [1.29, 1.82) is 0 Å². The predicted molar refractivity (Wildman–Crippen MR) is 110 cm³/mol. The van der Waals surface area contributed by atoms with Crippen molar-refractivity contribution < 1.29 is 22.8 Å². The Kier molecular flexibility index (Phi) is 9.80. The zero-order chi connectivity index (χ0) is 20.3. The van der Waals surface area contributed by atoms with Crippen LogP contribution in [0.2, 0.25) is 0 Å². The van der Waals surface area contributed by atoms with Gasteiger partial charge in [0.1, 0.15) is 6.04 Å². The van der Waals surface area contributed by atoms with Crippen LogP contribution in [0.25, 0.3) is 0 Å². The lowest BCUT2D eigenvalue weighted by molar-refractivity contribution is -0.184. The second-order valence-corrected chi connectivity index (χ2v) is 7.13. The highest BCUT2D eigenvalue weighted by Crippen LogP contribution is 2.36. The summed E-state index contributed by atoms with van der Waals surface area (Å²) in [6, 6.07) is 1.17. The standard InChI is InChI=1S/C18H24F3N5O2.2ClH/c1-25-15(27)9-13(16(25)12-3-2-4-23-10-12)17(28)24-11-14(18(19,20)21)26-7-5-22-6-8-26;;/h2-4,10,13-14,16,22H,5-9,11H2,1H3,(H,24,28);2*1H. The Morgan fingerprint density at radius 2 is 2.00 bits per heavy atom. The first-order valence-electron chi connectivity index (χ1n) is 9.24. The number of hydrogen-bond donors (Lipinski definition) is 2. The van der Waals surface area contributed by atoms with Crippen molar-refractivity contribution in [2.45, 2.75) is 24.7 Å². The maximum Gasteiger partial charge on any atom is 0.405 e. The molecule has 0 aromatic carbocycles. The van der Waals surface area contributed by atoms with Gasteiger partial charge in [0.25, 0.3) is 0 Å². The van der Waals surface area contributed by atoms with E-state index in [0.29, 0.717) is 18.7 Å². The van der Waals surface area contributed by atoms with Gasteiger partial charge in [-0.3, -0.25) is 19.5 Å². The molecule has 1 aromatic heterocycles. The molecule has 12 heteroatoms. The number of halogens is 5. The summed E-state index contributed by atoms with van der Waals surface area (Å²) in [7, 11) is 1.59. The zero-order valence-corrected chi connectivity index (χ0v) is 18.0. The number of aromatic nitrogens is 1. The fraction of sp³-hybridized carbons (Fsp3) is 0.611. The number of amides is 2. The van der Waals surface area contributed by atoms with Crippen molar-refractivity contribution in [3.05, 3.63) is 30.1 Å². The molecule has 170 valence electrons. The van der Waals surface area contributed by atoms with Crippen LogP contribution in [0.3, 0.4) is 0 Å². The van der Waals surface area contributed by atoms with Crippen molar-refractivity contribution in [1.82, 2.24) is 25.4 Å². The summed E-state index contributed by atoms with van der Waals surface area (Å²) < 4.78 is 40.5. The number of alkyl halides is 3. The van der Waals surface area contributed by atoms with Crippen LogP contribution < -0.4 is 10.6 Å². The summed E-state index contributed by atoms with van der Waals surface area (Å²) in [6.07, 6.45) is -1.34. The number of carbonyl (C=O) groups excluding carboxylic acids is 2. The molecule has 30 heavy (non-hydrogen) atoms.